The maximum Gasteiger partial charge on any atom is 0.315 e. The first-order chi connectivity index (χ1) is 15.9. The van der Waals surface area contributed by atoms with E-state index in [2.05, 4.69) is 22.5 Å². The monoisotopic (exact) mass is 453 g/mol. The smallest absolute Gasteiger partial charge is 0.315 e. The normalized spacial score (nSPS) is 18.2. The summed E-state index contributed by atoms with van der Waals surface area (Å²) in [5.41, 5.74) is 6.35. The van der Waals surface area contributed by atoms with Gasteiger partial charge in [-0.1, -0.05) is 36.4 Å². The summed E-state index contributed by atoms with van der Waals surface area (Å²) in [5, 5.41) is 7.97. The summed E-state index contributed by atoms with van der Waals surface area (Å²) in [4.78, 5) is 51.9. The van der Waals surface area contributed by atoms with Crippen molar-refractivity contribution < 1.29 is 23.6 Å². The maximum atomic E-state index is 13.3. The van der Waals surface area contributed by atoms with E-state index in [-0.39, 0.29) is 25.3 Å². The standard InChI is InChI=1S/C23H27N5O5/c1-2-11-25-23(32)27-16-10-12-28(22(31)18-9-6-13-33-18)19(16)21(30)26-17(20(24)29)14-15-7-4-3-5-8-15/h2-9,13,16-17,19H,1,10-12,14H2,(H2,24,29)(H,26,30)(H2,25,27,32)/t16-,17+,19-/m0/s1. The number of nitrogens with two attached hydrogens (primary N) is 1. The van der Waals surface area contributed by atoms with Crippen molar-refractivity contribution in [2.45, 2.75) is 31.0 Å². The molecule has 1 aromatic heterocycles. The average Bonchev–Trinajstić information content (AvgIpc) is 3.48. The van der Waals surface area contributed by atoms with E-state index in [1.807, 2.05) is 30.3 Å². The first-order valence-electron chi connectivity index (χ1n) is 10.5. The molecule has 33 heavy (non-hydrogen) atoms. The molecule has 10 heteroatoms. The Kier molecular flexibility index (Phi) is 7.85. The molecule has 0 bridgehead atoms. The summed E-state index contributed by atoms with van der Waals surface area (Å²) in [6.07, 6.45) is 3.41. The Hall–Kier alpha value is -4.08. The van der Waals surface area contributed by atoms with Crippen LogP contribution < -0.4 is 21.7 Å². The molecule has 10 nitrogen and oxygen atoms in total. The zero-order valence-electron chi connectivity index (χ0n) is 18.0. The number of hydrogen-bond donors (Lipinski definition) is 4. The fourth-order valence-electron chi connectivity index (χ4n) is 3.75. The fourth-order valence-corrected chi connectivity index (χ4v) is 3.75. The van der Waals surface area contributed by atoms with Gasteiger partial charge in [-0.25, -0.2) is 4.79 Å². The Labute approximate surface area is 191 Å². The summed E-state index contributed by atoms with van der Waals surface area (Å²) < 4.78 is 5.20. The second-order valence-electron chi connectivity index (χ2n) is 7.61. The molecular formula is C23H27N5O5. The first kappa shape index (κ1) is 23.6. The summed E-state index contributed by atoms with van der Waals surface area (Å²) in [6.45, 7) is 3.99. The molecule has 3 atom stereocenters. The van der Waals surface area contributed by atoms with E-state index in [1.165, 1.54) is 23.3 Å². The predicted molar refractivity (Wildman–Crippen MR) is 120 cm³/mol. The van der Waals surface area contributed by atoms with Gasteiger partial charge < -0.3 is 31.0 Å². The number of nitrogens with zero attached hydrogens (tertiary/aromatic N) is 1. The van der Waals surface area contributed by atoms with Crippen molar-refractivity contribution in [3.63, 3.8) is 0 Å². The van der Waals surface area contributed by atoms with Crippen molar-refractivity contribution >= 4 is 23.8 Å². The molecule has 3 rings (SSSR count). The molecule has 0 saturated carbocycles. The molecule has 1 aromatic carbocycles. The third kappa shape index (κ3) is 6.00. The van der Waals surface area contributed by atoms with Gasteiger partial charge in [0.05, 0.1) is 12.3 Å². The van der Waals surface area contributed by atoms with Gasteiger partial charge in [0.15, 0.2) is 5.76 Å². The van der Waals surface area contributed by atoms with Gasteiger partial charge in [-0.15, -0.1) is 6.58 Å². The van der Waals surface area contributed by atoms with Crippen LogP contribution in [0.3, 0.4) is 0 Å². The van der Waals surface area contributed by atoms with E-state index in [1.54, 1.807) is 6.07 Å². The molecule has 1 fully saturated rings. The lowest BCUT2D eigenvalue weighted by molar-refractivity contribution is -0.130. The van der Waals surface area contributed by atoms with Crippen LogP contribution in [-0.4, -0.2) is 59.9 Å². The average molecular weight is 453 g/mol. The van der Waals surface area contributed by atoms with Gasteiger partial charge in [0.25, 0.3) is 5.91 Å². The largest absolute Gasteiger partial charge is 0.459 e. The number of urea groups is 1. The van der Waals surface area contributed by atoms with E-state index in [9.17, 15) is 19.2 Å². The van der Waals surface area contributed by atoms with Gasteiger partial charge in [-0.2, -0.15) is 0 Å². The van der Waals surface area contributed by atoms with E-state index < -0.39 is 41.9 Å². The number of primary amides is 1. The number of furan rings is 1. The molecule has 1 saturated heterocycles. The van der Waals surface area contributed by atoms with Crippen molar-refractivity contribution in [3.05, 3.63) is 72.7 Å². The molecule has 1 aliphatic rings. The van der Waals surface area contributed by atoms with Crippen LogP contribution in [0.2, 0.25) is 0 Å². The lowest BCUT2D eigenvalue weighted by atomic mass is 10.0. The molecular weight excluding hydrogens is 426 g/mol. The van der Waals surface area contributed by atoms with Crippen molar-refractivity contribution in [1.29, 1.82) is 0 Å². The molecule has 1 aliphatic heterocycles. The second-order valence-corrected chi connectivity index (χ2v) is 7.61. The molecule has 0 aliphatic carbocycles. The molecule has 0 spiro atoms. The predicted octanol–water partition coefficient (Wildman–Crippen LogP) is 0.561. The molecule has 0 unspecified atom stereocenters. The van der Waals surface area contributed by atoms with Gasteiger partial charge in [0, 0.05) is 19.5 Å². The summed E-state index contributed by atoms with van der Waals surface area (Å²) >= 11 is 0. The minimum Gasteiger partial charge on any atom is -0.459 e. The summed E-state index contributed by atoms with van der Waals surface area (Å²) in [6, 6.07) is 8.94. The van der Waals surface area contributed by atoms with Crippen LogP contribution in [0.4, 0.5) is 4.79 Å². The number of carbonyl (C=O) groups is 4. The van der Waals surface area contributed by atoms with Crippen molar-refractivity contribution in [3.8, 4) is 0 Å². The first-order valence-corrected chi connectivity index (χ1v) is 10.5. The summed E-state index contributed by atoms with van der Waals surface area (Å²) in [5.74, 6) is -1.72. The van der Waals surface area contributed by atoms with Crippen LogP contribution >= 0.6 is 0 Å². The van der Waals surface area contributed by atoms with E-state index in [0.717, 1.165) is 5.56 Å². The topological polar surface area (TPSA) is 147 Å². The van der Waals surface area contributed by atoms with E-state index >= 15 is 0 Å². The third-order valence-electron chi connectivity index (χ3n) is 5.33. The SMILES string of the molecule is C=CCNC(=O)N[C@H]1CCN(C(=O)c2ccco2)[C@@H]1C(=O)N[C@H](Cc1ccccc1)C(N)=O. The third-order valence-corrected chi connectivity index (χ3v) is 5.33. The van der Waals surface area contributed by atoms with Gasteiger partial charge in [0.2, 0.25) is 11.8 Å². The Morgan fingerprint density at radius 2 is 1.94 bits per heavy atom. The maximum absolute atomic E-state index is 13.3. The zero-order chi connectivity index (χ0) is 23.8. The quantitative estimate of drug-likeness (QED) is 0.410. The molecule has 5 amide bonds. The lowest BCUT2D eigenvalue weighted by Crippen LogP contribution is -2.59. The Morgan fingerprint density at radius 1 is 1.18 bits per heavy atom. The van der Waals surface area contributed by atoms with Gasteiger partial charge in [0.1, 0.15) is 12.1 Å². The Balaban J connectivity index is 1.80. The highest BCUT2D eigenvalue weighted by molar-refractivity contribution is 5.97. The second kappa shape index (κ2) is 11.0. The number of carbonyl (C=O) groups excluding carboxylic acids is 4. The number of likely N-dealkylation sites (tertiary alicyclic amines) is 1. The van der Waals surface area contributed by atoms with Crippen molar-refractivity contribution in [2.24, 2.45) is 5.73 Å². The van der Waals surface area contributed by atoms with Crippen LogP contribution in [0.1, 0.15) is 22.5 Å². The number of benzene rings is 1. The highest BCUT2D eigenvalue weighted by atomic mass is 16.3. The van der Waals surface area contributed by atoms with E-state index in [0.29, 0.717) is 6.42 Å². The van der Waals surface area contributed by atoms with Gasteiger partial charge in [-0.3, -0.25) is 14.4 Å². The number of rotatable bonds is 9. The minimum atomic E-state index is -1.06. The van der Waals surface area contributed by atoms with Crippen LogP contribution in [-0.2, 0) is 16.0 Å². The van der Waals surface area contributed by atoms with Crippen molar-refractivity contribution in [2.75, 3.05) is 13.1 Å². The highest BCUT2D eigenvalue weighted by Crippen LogP contribution is 2.22. The fraction of sp³-hybridized carbons (Fsp3) is 0.304. The molecule has 174 valence electrons. The number of amides is 5. The van der Waals surface area contributed by atoms with Crippen LogP contribution in [0, 0.1) is 0 Å². The Bertz CT molecular complexity index is 992. The summed E-state index contributed by atoms with van der Waals surface area (Å²) in [7, 11) is 0. The Morgan fingerprint density at radius 3 is 2.58 bits per heavy atom. The van der Waals surface area contributed by atoms with Gasteiger partial charge in [-0.05, 0) is 24.1 Å². The zero-order valence-corrected chi connectivity index (χ0v) is 18.0. The number of hydrogen-bond acceptors (Lipinski definition) is 5. The van der Waals surface area contributed by atoms with Crippen LogP contribution in [0.25, 0.3) is 0 Å². The molecule has 2 heterocycles. The van der Waals surface area contributed by atoms with Crippen LogP contribution in [0.5, 0.6) is 0 Å². The molecule has 2 aromatic rings. The molecule has 0 radical (unpaired) electrons. The minimum absolute atomic E-state index is 0.0697. The van der Waals surface area contributed by atoms with E-state index in [4.69, 9.17) is 10.2 Å². The highest BCUT2D eigenvalue weighted by Gasteiger charge is 2.44. The number of nitrogens with one attached hydrogen (secondary N) is 3. The lowest BCUT2D eigenvalue weighted by Gasteiger charge is -2.28. The van der Waals surface area contributed by atoms with Gasteiger partial charge >= 0.3 is 6.03 Å². The van der Waals surface area contributed by atoms with Crippen molar-refractivity contribution in [1.82, 2.24) is 20.9 Å². The van der Waals surface area contributed by atoms with Crippen LogP contribution in [0.15, 0.2) is 65.8 Å². The molecule has 5 N–H and O–H groups in total.